The van der Waals surface area contributed by atoms with Crippen LogP contribution in [0.3, 0.4) is 0 Å². The monoisotopic (exact) mass is 336 g/mol. The summed E-state index contributed by atoms with van der Waals surface area (Å²) in [7, 11) is 0. The van der Waals surface area contributed by atoms with E-state index in [2.05, 4.69) is 0 Å². The summed E-state index contributed by atoms with van der Waals surface area (Å²) < 4.78 is 88.1. The Balaban J connectivity index is 3.30. The molecule has 0 bridgehead atoms. The van der Waals surface area contributed by atoms with Crippen molar-refractivity contribution in [3.8, 4) is 0 Å². The fraction of sp³-hybridized carbons (Fsp3) is 0.417. The van der Waals surface area contributed by atoms with E-state index in [-0.39, 0.29) is 17.0 Å². The molecule has 0 saturated heterocycles. The number of alkyl halides is 7. The van der Waals surface area contributed by atoms with E-state index in [9.17, 15) is 35.5 Å². The topological polar surface area (TPSA) is 17.1 Å². The lowest BCUT2D eigenvalue weighted by Crippen LogP contribution is -2.56. The molecule has 0 spiro atoms. The predicted octanol–water partition coefficient (Wildman–Crippen LogP) is 4.92. The quantitative estimate of drug-likeness (QED) is 0.563. The Morgan fingerprint density at radius 2 is 1.62 bits per heavy atom. The smallest absolute Gasteiger partial charge is 0.287 e. The number of hydrogen-bond acceptors (Lipinski definition) is 1. The second-order valence-corrected chi connectivity index (χ2v) is 4.54. The second-order valence-electron chi connectivity index (χ2n) is 4.14. The summed E-state index contributed by atoms with van der Waals surface area (Å²) >= 11 is 5.65. The third-order valence-electron chi connectivity index (χ3n) is 2.72. The summed E-state index contributed by atoms with van der Waals surface area (Å²) in [6.07, 6.45) is -6.37. The number of carbonyl (C=O) groups excluding carboxylic acids is 1. The van der Waals surface area contributed by atoms with Crippen molar-refractivity contribution in [3.63, 3.8) is 0 Å². The molecule has 1 aromatic rings. The zero-order valence-electron chi connectivity index (χ0n) is 10.4. The summed E-state index contributed by atoms with van der Waals surface area (Å²) in [5.74, 6) is -15.0. The van der Waals surface area contributed by atoms with E-state index in [1.807, 2.05) is 0 Å². The average molecular weight is 337 g/mol. The molecule has 0 radical (unpaired) electrons. The fourth-order valence-electron chi connectivity index (χ4n) is 1.49. The molecule has 0 atom stereocenters. The molecule has 1 nitrogen and oxygen atoms in total. The van der Waals surface area contributed by atoms with Crippen LogP contribution in [0.15, 0.2) is 18.2 Å². The van der Waals surface area contributed by atoms with Crippen LogP contribution >= 0.6 is 11.6 Å². The number of aryl methyl sites for hydroxylation is 1. The van der Waals surface area contributed by atoms with Gasteiger partial charge in [0.2, 0.25) is 5.78 Å². The van der Waals surface area contributed by atoms with Gasteiger partial charge in [0.15, 0.2) is 0 Å². The van der Waals surface area contributed by atoms with Gasteiger partial charge in [-0.15, -0.1) is 0 Å². The standard InChI is InChI=1S/C12H8ClF7O/c1-2-6-5-7(3-4-8(6)13)9(21)10(14,15)11(16,17)12(18,19)20/h3-5H,2H2,1H3. The third-order valence-corrected chi connectivity index (χ3v) is 3.09. The zero-order chi connectivity index (χ0) is 16.6. The van der Waals surface area contributed by atoms with Gasteiger partial charge < -0.3 is 0 Å². The van der Waals surface area contributed by atoms with Crippen LogP contribution < -0.4 is 0 Å². The lowest BCUT2D eigenvalue weighted by Gasteiger charge is -2.27. The fourth-order valence-corrected chi connectivity index (χ4v) is 1.74. The zero-order valence-corrected chi connectivity index (χ0v) is 11.1. The molecule has 0 aliphatic heterocycles. The van der Waals surface area contributed by atoms with Crippen LogP contribution in [0.4, 0.5) is 30.7 Å². The molecule has 1 aromatic carbocycles. The Morgan fingerprint density at radius 1 is 1.10 bits per heavy atom. The molecular weight excluding hydrogens is 329 g/mol. The molecular formula is C12H8ClF7O. The number of Topliss-reactive ketones (excluding diaryl/α,β-unsaturated/α-hetero) is 1. The first-order valence-electron chi connectivity index (χ1n) is 5.51. The number of ketones is 1. The Hall–Kier alpha value is -1.31. The van der Waals surface area contributed by atoms with E-state index < -0.39 is 29.4 Å². The molecule has 0 aromatic heterocycles. The lowest BCUT2D eigenvalue weighted by molar-refractivity contribution is -0.339. The van der Waals surface area contributed by atoms with Gasteiger partial charge in [0.05, 0.1) is 0 Å². The van der Waals surface area contributed by atoms with Gasteiger partial charge in [-0.05, 0) is 30.2 Å². The van der Waals surface area contributed by atoms with Crippen LogP contribution in [-0.2, 0) is 6.42 Å². The molecule has 0 aliphatic carbocycles. The lowest BCUT2D eigenvalue weighted by atomic mass is 9.98. The van der Waals surface area contributed by atoms with Crippen LogP contribution in [0, 0.1) is 0 Å². The van der Waals surface area contributed by atoms with Crippen molar-refractivity contribution >= 4 is 17.4 Å². The van der Waals surface area contributed by atoms with Gasteiger partial charge in [0.25, 0.3) is 0 Å². The van der Waals surface area contributed by atoms with Crippen LogP contribution in [0.2, 0.25) is 5.02 Å². The second kappa shape index (κ2) is 5.47. The maximum absolute atomic E-state index is 13.3. The summed E-state index contributed by atoms with van der Waals surface area (Å²) in [5.41, 5.74) is -0.793. The SMILES string of the molecule is CCc1cc(C(=O)C(F)(F)C(F)(F)C(F)(F)F)ccc1Cl. The largest absolute Gasteiger partial charge is 0.460 e. The summed E-state index contributed by atoms with van der Waals surface area (Å²) in [4.78, 5) is 11.4. The Kier molecular flexibility index (Phi) is 4.62. The molecule has 0 aliphatic rings. The highest BCUT2D eigenvalue weighted by Gasteiger charge is 2.76. The molecule has 0 heterocycles. The molecule has 0 N–H and O–H groups in total. The Bertz CT molecular complexity index is 551. The molecule has 0 amide bonds. The van der Waals surface area contributed by atoms with Crippen LogP contribution in [0.5, 0.6) is 0 Å². The van der Waals surface area contributed by atoms with Gasteiger partial charge in [-0.2, -0.15) is 30.7 Å². The van der Waals surface area contributed by atoms with E-state index in [4.69, 9.17) is 11.6 Å². The maximum atomic E-state index is 13.3. The van der Waals surface area contributed by atoms with E-state index in [1.165, 1.54) is 6.92 Å². The van der Waals surface area contributed by atoms with Gasteiger partial charge in [0, 0.05) is 10.6 Å². The number of halogens is 8. The highest BCUT2D eigenvalue weighted by atomic mass is 35.5. The minimum absolute atomic E-state index is 0.0833. The van der Waals surface area contributed by atoms with Crippen molar-refractivity contribution in [2.24, 2.45) is 0 Å². The first kappa shape index (κ1) is 17.7. The molecule has 1 rings (SSSR count). The van der Waals surface area contributed by atoms with Crippen molar-refractivity contribution in [3.05, 3.63) is 34.3 Å². The van der Waals surface area contributed by atoms with Gasteiger partial charge in [-0.3, -0.25) is 4.79 Å². The number of carbonyl (C=O) groups is 1. The minimum Gasteiger partial charge on any atom is -0.287 e. The highest BCUT2D eigenvalue weighted by Crippen LogP contribution is 2.47. The maximum Gasteiger partial charge on any atom is 0.460 e. The normalized spacial score (nSPS) is 13.4. The molecule has 21 heavy (non-hydrogen) atoms. The van der Waals surface area contributed by atoms with Gasteiger partial charge in [-0.1, -0.05) is 18.5 Å². The summed E-state index contributed by atoms with van der Waals surface area (Å²) in [6, 6.07) is 2.42. The van der Waals surface area contributed by atoms with E-state index >= 15 is 0 Å². The first-order valence-corrected chi connectivity index (χ1v) is 5.89. The minimum atomic E-state index is -6.55. The Labute approximate surface area is 119 Å². The van der Waals surface area contributed by atoms with E-state index in [0.29, 0.717) is 6.07 Å². The molecule has 118 valence electrons. The van der Waals surface area contributed by atoms with Crippen molar-refractivity contribution in [1.29, 1.82) is 0 Å². The Morgan fingerprint density at radius 3 is 2.05 bits per heavy atom. The molecule has 0 unspecified atom stereocenters. The average Bonchev–Trinajstić information content (AvgIpc) is 2.36. The van der Waals surface area contributed by atoms with Crippen molar-refractivity contribution < 1.29 is 35.5 Å². The van der Waals surface area contributed by atoms with Crippen molar-refractivity contribution in [2.75, 3.05) is 0 Å². The van der Waals surface area contributed by atoms with Gasteiger partial charge in [0.1, 0.15) is 0 Å². The van der Waals surface area contributed by atoms with Crippen molar-refractivity contribution in [2.45, 2.75) is 31.4 Å². The van der Waals surface area contributed by atoms with Crippen LogP contribution in [-0.4, -0.2) is 23.8 Å². The van der Waals surface area contributed by atoms with Gasteiger partial charge in [-0.25, -0.2) is 0 Å². The molecule has 0 saturated carbocycles. The van der Waals surface area contributed by atoms with Crippen LogP contribution in [0.1, 0.15) is 22.8 Å². The first-order chi connectivity index (χ1) is 9.36. The number of hydrogen-bond donors (Lipinski definition) is 0. The summed E-state index contributed by atoms with van der Waals surface area (Å²) in [5, 5.41) is 0.0833. The third kappa shape index (κ3) is 3.00. The van der Waals surface area contributed by atoms with Crippen molar-refractivity contribution in [1.82, 2.24) is 0 Å². The van der Waals surface area contributed by atoms with Gasteiger partial charge >= 0.3 is 18.0 Å². The predicted molar refractivity (Wildman–Crippen MR) is 61.1 cm³/mol. The molecule has 0 fully saturated rings. The van der Waals surface area contributed by atoms with Crippen LogP contribution in [0.25, 0.3) is 0 Å². The number of rotatable bonds is 4. The number of benzene rings is 1. The molecule has 9 heteroatoms. The van der Waals surface area contributed by atoms with E-state index in [1.54, 1.807) is 0 Å². The van der Waals surface area contributed by atoms with E-state index in [0.717, 1.165) is 12.1 Å². The highest BCUT2D eigenvalue weighted by molar-refractivity contribution is 6.31. The summed E-state index contributed by atoms with van der Waals surface area (Å²) in [6.45, 7) is 1.54.